The molecule has 20 heteroatoms. The summed E-state index contributed by atoms with van der Waals surface area (Å²) in [6.45, 7) is 0. The second-order valence-electron chi connectivity index (χ2n) is 25.8. The van der Waals surface area contributed by atoms with Gasteiger partial charge in [0.15, 0.2) is 34.9 Å². The van der Waals surface area contributed by atoms with Crippen LogP contribution in [-0.2, 0) is 24.7 Å². The predicted molar refractivity (Wildman–Crippen MR) is 396 cm³/mol. The molecular formula is C88H50F12N8. The van der Waals surface area contributed by atoms with E-state index in [2.05, 4.69) is 0 Å². The summed E-state index contributed by atoms with van der Waals surface area (Å²) in [5.41, 5.74) is 3.51. The second kappa shape index (κ2) is 26.3. The molecule has 4 heterocycles. The first-order valence-corrected chi connectivity index (χ1v) is 33.8. The molecule has 0 aliphatic rings. The Morgan fingerprint density at radius 1 is 0.204 bits per heavy atom. The second-order valence-corrected chi connectivity index (χ2v) is 25.8. The average molecular weight is 1450 g/mol. The van der Waals surface area contributed by atoms with Crippen LogP contribution in [0.25, 0.3) is 168 Å². The SMILES string of the molecule is FC(F)(F)c1ccc(-c2ccc3c(c2)c2ccccc2n3-c2cc(-c3cccc(-c4ccc(-n5c6ccccc6c6cc(-c7ccc(C(F)(F)F)cc7C(F)(F)F)ccc65)c(-c5nc(-c6ccccc6)nc(-c6ccccc6)n5)c4)c3)cc(-c3nc(-c4ccccc4)nc(-c4ccccc4)n3)c2)c(C(F)(F)F)c1. The molecule has 4 aromatic heterocycles. The third kappa shape index (κ3) is 12.7. The minimum absolute atomic E-state index is 0.0358. The van der Waals surface area contributed by atoms with Crippen molar-refractivity contribution in [2.24, 2.45) is 0 Å². The lowest BCUT2D eigenvalue weighted by molar-refractivity contribution is -0.144. The molecule has 0 saturated carbocycles. The number of aromatic nitrogens is 8. The van der Waals surface area contributed by atoms with Gasteiger partial charge in [0.1, 0.15) is 0 Å². The van der Waals surface area contributed by atoms with Gasteiger partial charge in [-0.2, -0.15) is 52.7 Å². The van der Waals surface area contributed by atoms with Crippen LogP contribution in [0.15, 0.2) is 303 Å². The Bertz CT molecular complexity index is 6250. The summed E-state index contributed by atoms with van der Waals surface area (Å²) in [5.74, 6) is 2.00. The van der Waals surface area contributed by atoms with E-state index < -0.39 is 58.1 Å². The Morgan fingerprint density at radius 2 is 0.546 bits per heavy atom. The van der Waals surface area contributed by atoms with Crippen molar-refractivity contribution in [1.82, 2.24) is 39.0 Å². The standard InChI is InChI=1S/C88H50F12N8/c89-85(90,91)62-35-37-65(72(49-62)87(95,96)97)58-33-40-76-69(47-58)67-28-13-15-30-74(67)107(76)64-44-60(43-61(45-64)83-103-79(51-18-5-1-6-19-51)101-80(104-83)52-20-7-2-8-21-52)56-27-17-26-55(42-56)57-32-39-78(71(46-57)84-105-81(53-22-9-3-10-23-53)102-82(106-84)54-24-11-4-12-25-54)108-75-31-16-14-29-68(75)70-48-59(34-41-77(70)108)66-38-36-63(86(92,93)94)50-73(66)88(98,99)100/h1-50H. The number of para-hydroxylation sites is 2. The fourth-order valence-electron chi connectivity index (χ4n) is 14.1. The van der Waals surface area contributed by atoms with Crippen molar-refractivity contribution in [3.05, 3.63) is 326 Å². The van der Waals surface area contributed by atoms with Crippen LogP contribution in [0.1, 0.15) is 22.3 Å². The predicted octanol–water partition coefficient (Wildman–Crippen LogP) is 25.0. The van der Waals surface area contributed by atoms with Crippen LogP contribution in [0.5, 0.6) is 0 Å². The number of rotatable bonds is 12. The normalized spacial score (nSPS) is 12.3. The van der Waals surface area contributed by atoms with E-state index in [1.165, 1.54) is 12.1 Å². The highest BCUT2D eigenvalue weighted by Crippen LogP contribution is 2.48. The highest BCUT2D eigenvalue weighted by Gasteiger charge is 2.40. The van der Waals surface area contributed by atoms with E-state index in [1.807, 2.05) is 228 Å². The highest BCUT2D eigenvalue weighted by molar-refractivity contribution is 6.12. The molecule has 108 heavy (non-hydrogen) atoms. The average Bonchev–Trinajstić information content (AvgIpc) is 1.58. The van der Waals surface area contributed by atoms with Gasteiger partial charge in [-0.25, -0.2) is 29.9 Å². The van der Waals surface area contributed by atoms with Gasteiger partial charge in [0.2, 0.25) is 0 Å². The molecule has 0 N–H and O–H groups in total. The lowest BCUT2D eigenvalue weighted by Gasteiger charge is -2.18. The van der Waals surface area contributed by atoms with Crippen molar-refractivity contribution in [2.45, 2.75) is 24.7 Å². The van der Waals surface area contributed by atoms with Crippen LogP contribution in [0.4, 0.5) is 52.7 Å². The Hall–Kier alpha value is -13.4. The summed E-state index contributed by atoms with van der Waals surface area (Å²) in [6, 6.07) is 84.3. The first-order valence-electron chi connectivity index (χ1n) is 33.8. The number of nitrogens with zero attached hydrogens (tertiary/aromatic N) is 8. The van der Waals surface area contributed by atoms with E-state index in [4.69, 9.17) is 29.9 Å². The van der Waals surface area contributed by atoms with E-state index in [0.29, 0.717) is 152 Å². The third-order valence-electron chi connectivity index (χ3n) is 19.1. The van der Waals surface area contributed by atoms with Crippen LogP contribution in [0.2, 0.25) is 0 Å². The first-order chi connectivity index (χ1) is 52.0. The Balaban J connectivity index is 0.876. The lowest BCUT2D eigenvalue weighted by atomic mass is 9.95. The molecule has 8 nitrogen and oxygen atoms in total. The topological polar surface area (TPSA) is 87.2 Å². The van der Waals surface area contributed by atoms with E-state index in [1.54, 1.807) is 36.4 Å². The minimum Gasteiger partial charge on any atom is -0.309 e. The van der Waals surface area contributed by atoms with Gasteiger partial charge in [0, 0.05) is 60.6 Å². The zero-order valence-electron chi connectivity index (χ0n) is 56.0. The van der Waals surface area contributed by atoms with Gasteiger partial charge in [-0.1, -0.05) is 206 Å². The van der Waals surface area contributed by atoms with E-state index >= 15 is 0 Å². The van der Waals surface area contributed by atoms with Gasteiger partial charge in [-0.15, -0.1) is 0 Å². The molecule has 0 amide bonds. The van der Waals surface area contributed by atoms with Crippen LogP contribution >= 0.6 is 0 Å². The molecule has 0 atom stereocenters. The van der Waals surface area contributed by atoms with Crippen molar-refractivity contribution in [2.75, 3.05) is 0 Å². The van der Waals surface area contributed by atoms with Gasteiger partial charge < -0.3 is 9.13 Å². The zero-order valence-corrected chi connectivity index (χ0v) is 56.0. The number of hydrogen-bond donors (Lipinski definition) is 0. The molecule has 0 radical (unpaired) electrons. The summed E-state index contributed by atoms with van der Waals surface area (Å²) in [6.07, 6.45) is -20.4. The van der Waals surface area contributed by atoms with Crippen molar-refractivity contribution >= 4 is 43.6 Å². The number of benzene rings is 13. The highest BCUT2D eigenvalue weighted by atomic mass is 19.4. The van der Waals surface area contributed by atoms with E-state index in [0.717, 1.165) is 12.1 Å². The van der Waals surface area contributed by atoms with Gasteiger partial charge >= 0.3 is 24.7 Å². The summed E-state index contributed by atoms with van der Waals surface area (Å²) < 4.78 is 177. The molecule has 17 aromatic rings. The fraction of sp³-hybridized carbons (Fsp3) is 0.0455. The number of hydrogen-bond acceptors (Lipinski definition) is 6. The molecule has 0 spiro atoms. The largest absolute Gasteiger partial charge is 0.417 e. The van der Waals surface area contributed by atoms with Crippen LogP contribution < -0.4 is 0 Å². The van der Waals surface area contributed by atoms with Crippen molar-refractivity contribution in [3.8, 4) is 124 Å². The van der Waals surface area contributed by atoms with Crippen molar-refractivity contribution < 1.29 is 52.7 Å². The Labute approximate surface area is 606 Å². The maximum atomic E-state index is 14.9. The summed E-state index contributed by atoms with van der Waals surface area (Å²) in [5, 5.41) is 2.27. The molecule has 0 aliphatic heterocycles. The number of alkyl halides is 12. The maximum Gasteiger partial charge on any atom is 0.417 e. The minimum atomic E-state index is -5.15. The molecule has 0 unspecified atom stereocenters. The fourth-order valence-corrected chi connectivity index (χ4v) is 14.1. The third-order valence-corrected chi connectivity index (χ3v) is 19.1. The quantitative estimate of drug-likeness (QED) is 0.113. The van der Waals surface area contributed by atoms with E-state index in [9.17, 15) is 52.7 Å². The van der Waals surface area contributed by atoms with Crippen molar-refractivity contribution in [3.63, 3.8) is 0 Å². The van der Waals surface area contributed by atoms with Crippen molar-refractivity contribution in [1.29, 1.82) is 0 Å². The maximum absolute atomic E-state index is 14.9. The Morgan fingerprint density at radius 3 is 0.991 bits per heavy atom. The molecule has 0 saturated heterocycles. The summed E-state index contributed by atoms with van der Waals surface area (Å²) in [4.78, 5) is 30.7. The summed E-state index contributed by atoms with van der Waals surface area (Å²) >= 11 is 0. The number of fused-ring (bicyclic) bond motifs is 6. The molecule has 17 rings (SSSR count). The van der Waals surface area contributed by atoms with Crippen LogP contribution in [0.3, 0.4) is 0 Å². The van der Waals surface area contributed by atoms with Gasteiger partial charge in [0.05, 0.1) is 50.0 Å². The van der Waals surface area contributed by atoms with Gasteiger partial charge in [-0.05, 0) is 142 Å². The molecule has 526 valence electrons. The lowest BCUT2D eigenvalue weighted by Crippen LogP contribution is -2.12. The molecule has 0 aliphatic carbocycles. The van der Waals surface area contributed by atoms with Gasteiger partial charge in [-0.3, -0.25) is 0 Å². The first kappa shape index (κ1) is 67.8. The number of halogens is 12. The smallest absolute Gasteiger partial charge is 0.309 e. The molecule has 0 bridgehead atoms. The van der Waals surface area contributed by atoms with Crippen LogP contribution in [-0.4, -0.2) is 39.0 Å². The monoisotopic (exact) mass is 1450 g/mol. The van der Waals surface area contributed by atoms with Gasteiger partial charge in [0.25, 0.3) is 0 Å². The van der Waals surface area contributed by atoms with Crippen LogP contribution in [0, 0.1) is 0 Å². The molecule has 13 aromatic carbocycles. The molecule has 0 fully saturated rings. The zero-order chi connectivity index (χ0) is 74.4. The molecular weight excluding hydrogens is 1400 g/mol. The Kier molecular flexibility index (Phi) is 16.5. The summed E-state index contributed by atoms with van der Waals surface area (Å²) in [7, 11) is 0. The van der Waals surface area contributed by atoms with E-state index in [-0.39, 0.29) is 29.1 Å².